The van der Waals surface area contributed by atoms with E-state index < -0.39 is 0 Å². The second-order valence-electron chi connectivity index (χ2n) is 7.92. The summed E-state index contributed by atoms with van der Waals surface area (Å²) in [5.41, 5.74) is 3.31. The average molecular weight is 404 g/mol. The summed E-state index contributed by atoms with van der Waals surface area (Å²) in [4.78, 5) is 32.0. The van der Waals surface area contributed by atoms with E-state index in [4.69, 9.17) is 0 Å². The lowest BCUT2D eigenvalue weighted by Gasteiger charge is -2.21. The number of aromatic nitrogens is 2. The van der Waals surface area contributed by atoms with Gasteiger partial charge in [-0.15, -0.1) is 11.3 Å². The van der Waals surface area contributed by atoms with Gasteiger partial charge in [0.25, 0.3) is 5.91 Å². The lowest BCUT2D eigenvalue weighted by Crippen LogP contribution is -2.17. The summed E-state index contributed by atoms with van der Waals surface area (Å²) in [6, 6.07) is 17.0. The number of anilines is 1. The van der Waals surface area contributed by atoms with Gasteiger partial charge in [-0.2, -0.15) is 0 Å². The molecule has 0 fully saturated rings. The van der Waals surface area contributed by atoms with Crippen LogP contribution in [-0.2, 0) is 5.41 Å². The smallest absolute Gasteiger partial charge is 0.275 e. The van der Waals surface area contributed by atoms with Crippen molar-refractivity contribution in [1.82, 2.24) is 9.97 Å². The number of aromatic amines is 1. The van der Waals surface area contributed by atoms with Crippen molar-refractivity contribution in [2.45, 2.75) is 26.2 Å². The van der Waals surface area contributed by atoms with Crippen LogP contribution in [0.2, 0.25) is 0 Å². The van der Waals surface area contributed by atoms with Crippen LogP contribution in [0, 0.1) is 0 Å². The average Bonchev–Trinajstić information content (AvgIpc) is 3.17. The molecule has 1 amide bonds. The van der Waals surface area contributed by atoms with Gasteiger partial charge < -0.3 is 10.3 Å². The Morgan fingerprint density at radius 2 is 1.83 bits per heavy atom. The van der Waals surface area contributed by atoms with Gasteiger partial charge in [-0.3, -0.25) is 9.59 Å². The van der Waals surface area contributed by atoms with E-state index in [1.54, 1.807) is 17.5 Å². The molecule has 2 heterocycles. The third-order valence-electron chi connectivity index (χ3n) is 4.67. The first-order valence-electron chi connectivity index (χ1n) is 9.31. The van der Waals surface area contributed by atoms with Crippen LogP contribution >= 0.6 is 11.3 Å². The van der Waals surface area contributed by atoms with Crippen molar-refractivity contribution in [1.29, 1.82) is 0 Å². The van der Waals surface area contributed by atoms with Gasteiger partial charge in [-0.05, 0) is 23.1 Å². The normalized spacial score (nSPS) is 11.6. The van der Waals surface area contributed by atoms with Gasteiger partial charge >= 0.3 is 0 Å². The highest BCUT2D eigenvalue weighted by Gasteiger charge is 2.18. The van der Waals surface area contributed by atoms with E-state index >= 15 is 0 Å². The van der Waals surface area contributed by atoms with Crippen molar-refractivity contribution < 1.29 is 4.79 Å². The standard InChI is InChI=1S/C23H21N3O2S/c1-23(2,3)17-12-20(27)25-18-11-15(9-10-16(17)18)24-21(28)19-13-29-22(26-19)14-7-5-4-6-8-14/h4-13H,1-3H3,(H,24,28)(H,25,27). The molecule has 0 atom stereocenters. The van der Waals surface area contributed by atoms with Gasteiger partial charge in [0.1, 0.15) is 10.7 Å². The number of nitrogens with zero attached hydrogens (tertiary/aromatic N) is 1. The van der Waals surface area contributed by atoms with Crippen molar-refractivity contribution in [3.05, 3.63) is 81.6 Å². The number of rotatable bonds is 3. The predicted molar refractivity (Wildman–Crippen MR) is 119 cm³/mol. The number of carbonyl (C=O) groups is 1. The zero-order valence-electron chi connectivity index (χ0n) is 16.4. The van der Waals surface area contributed by atoms with Crippen molar-refractivity contribution in [2.75, 3.05) is 5.32 Å². The van der Waals surface area contributed by atoms with Crippen LogP contribution in [0.5, 0.6) is 0 Å². The number of carbonyl (C=O) groups excluding carboxylic acids is 1. The minimum absolute atomic E-state index is 0.155. The maximum Gasteiger partial charge on any atom is 0.275 e. The zero-order valence-corrected chi connectivity index (χ0v) is 17.3. The van der Waals surface area contributed by atoms with E-state index in [0.717, 1.165) is 21.5 Å². The minimum atomic E-state index is -0.280. The molecule has 6 heteroatoms. The molecule has 2 aromatic heterocycles. The molecule has 0 aliphatic heterocycles. The van der Waals surface area contributed by atoms with Crippen molar-refractivity contribution >= 4 is 33.8 Å². The molecule has 0 bridgehead atoms. The summed E-state index contributed by atoms with van der Waals surface area (Å²) in [5, 5.41) is 6.39. The molecule has 2 N–H and O–H groups in total. The topological polar surface area (TPSA) is 74.8 Å². The number of amides is 1. The molecule has 0 unspecified atom stereocenters. The second kappa shape index (κ2) is 7.29. The Labute approximate surface area is 172 Å². The molecular weight excluding hydrogens is 382 g/mol. The first kappa shape index (κ1) is 19.1. The molecule has 0 saturated heterocycles. The Bertz CT molecular complexity index is 1250. The molecule has 29 heavy (non-hydrogen) atoms. The van der Waals surface area contributed by atoms with Crippen LogP contribution < -0.4 is 10.9 Å². The van der Waals surface area contributed by atoms with Crippen molar-refractivity contribution in [2.24, 2.45) is 0 Å². The molecular formula is C23H21N3O2S. The summed E-state index contributed by atoms with van der Waals surface area (Å²) in [5.74, 6) is -0.280. The fourth-order valence-electron chi connectivity index (χ4n) is 3.24. The van der Waals surface area contributed by atoms with Crippen molar-refractivity contribution in [3.63, 3.8) is 0 Å². The molecule has 0 aliphatic rings. The van der Waals surface area contributed by atoms with E-state index in [9.17, 15) is 9.59 Å². The number of hydrogen-bond acceptors (Lipinski definition) is 4. The van der Waals surface area contributed by atoms with Crippen LogP contribution in [0.25, 0.3) is 21.5 Å². The predicted octanol–water partition coefficient (Wildman–Crippen LogP) is 5.20. The number of nitrogens with one attached hydrogen (secondary N) is 2. The number of benzene rings is 2. The number of pyridine rings is 1. The van der Waals surface area contributed by atoms with Crippen LogP contribution in [0.3, 0.4) is 0 Å². The lowest BCUT2D eigenvalue weighted by molar-refractivity contribution is 0.102. The minimum Gasteiger partial charge on any atom is -0.322 e. The monoisotopic (exact) mass is 403 g/mol. The van der Waals surface area contributed by atoms with Gasteiger partial charge in [-0.25, -0.2) is 4.98 Å². The fraction of sp³-hybridized carbons (Fsp3) is 0.174. The summed E-state index contributed by atoms with van der Waals surface area (Å²) < 4.78 is 0. The maximum absolute atomic E-state index is 12.6. The largest absolute Gasteiger partial charge is 0.322 e. The highest BCUT2D eigenvalue weighted by atomic mass is 32.1. The Balaban J connectivity index is 1.62. The van der Waals surface area contributed by atoms with Crippen LogP contribution in [0.4, 0.5) is 5.69 Å². The third-order valence-corrected chi connectivity index (χ3v) is 5.56. The first-order valence-corrected chi connectivity index (χ1v) is 10.2. The maximum atomic E-state index is 12.6. The van der Waals surface area contributed by atoms with Gasteiger partial charge in [0.05, 0.1) is 5.52 Å². The van der Waals surface area contributed by atoms with Gasteiger partial charge in [0.2, 0.25) is 5.56 Å². The number of thiazole rings is 1. The highest BCUT2D eigenvalue weighted by molar-refractivity contribution is 7.13. The van der Waals surface area contributed by atoms with Gasteiger partial charge in [-0.1, -0.05) is 57.2 Å². The second-order valence-corrected chi connectivity index (χ2v) is 8.77. The molecule has 0 spiro atoms. The van der Waals surface area contributed by atoms with Crippen LogP contribution in [0.15, 0.2) is 64.8 Å². The number of fused-ring (bicyclic) bond motifs is 1. The molecule has 2 aromatic carbocycles. The SMILES string of the molecule is CC(C)(C)c1cc(=O)[nH]c2cc(NC(=O)c3csc(-c4ccccc4)n3)ccc12. The Morgan fingerprint density at radius 3 is 2.55 bits per heavy atom. The number of H-pyrrole nitrogens is 1. The Morgan fingerprint density at radius 1 is 1.07 bits per heavy atom. The van der Waals surface area contributed by atoms with Crippen LogP contribution in [-0.4, -0.2) is 15.9 Å². The highest BCUT2D eigenvalue weighted by Crippen LogP contribution is 2.29. The van der Waals surface area contributed by atoms with Gasteiger partial charge in [0.15, 0.2) is 0 Å². The molecule has 4 aromatic rings. The van der Waals surface area contributed by atoms with E-state index in [2.05, 4.69) is 36.1 Å². The first-order chi connectivity index (χ1) is 13.8. The molecule has 4 rings (SSSR count). The fourth-order valence-corrected chi connectivity index (χ4v) is 4.05. The summed E-state index contributed by atoms with van der Waals surface area (Å²) in [6.07, 6.45) is 0. The summed E-state index contributed by atoms with van der Waals surface area (Å²) in [6.45, 7) is 6.22. The summed E-state index contributed by atoms with van der Waals surface area (Å²) in [7, 11) is 0. The van der Waals surface area contributed by atoms with Gasteiger partial charge in [0, 0.05) is 28.1 Å². The molecule has 5 nitrogen and oxygen atoms in total. The summed E-state index contributed by atoms with van der Waals surface area (Å²) >= 11 is 1.43. The van der Waals surface area contributed by atoms with E-state index in [1.807, 2.05) is 42.5 Å². The third kappa shape index (κ3) is 3.98. The van der Waals surface area contributed by atoms with E-state index in [0.29, 0.717) is 16.9 Å². The quantitative estimate of drug-likeness (QED) is 0.494. The molecule has 0 saturated carbocycles. The molecule has 0 aliphatic carbocycles. The Hall–Kier alpha value is -3.25. The van der Waals surface area contributed by atoms with E-state index in [-0.39, 0.29) is 16.9 Å². The number of hydrogen-bond donors (Lipinski definition) is 2. The lowest BCUT2D eigenvalue weighted by atomic mass is 9.85. The Kier molecular flexibility index (Phi) is 4.80. The van der Waals surface area contributed by atoms with Crippen molar-refractivity contribution in [3.8, 4) is 10.6 Å². The molecule has 146 valence electrons. The van der Waals surface area contributed by atoms with Crippen LogP contribution in [0.1, 0.15) is 36.8 Å². The molecule has 0 radical (unpaired) electrons. The zero-order chi connectivity index (χ0) is 20.6. The van der Waals surface area contributed by atoms with E-state index in [1.165, 1.54) is 11.3 Å².